The highest BCUT2D eigenvalue weighted by atomic mass is 16.5. The van der Waals surface area contributed by atoms with E-state index in [1.54, 1.807) is 6.92 Å². The minimum absolute atomic E-state index is 0.186. The fourth-order valence-electron chi connectivity index (χ4n) is 1.31. The highest BCUT2D eigenvalue weighted by Gasteiger charge is 2.10. The van der Waals surface area contributed by atoms with Gasteiger partial charge in [-0.15, -0.1) is 0 Å². The third-order valence-electron chi connectivity index (χ3n) is 2.48. The van der Waals surface area contributed by atoms with Gasteiger partial charge in [-0.05, 0) is 38.1 Å². The molecule has 0 aliphatic carbocycles. The summed E-state index contributed by atoms with van der Waals surface area (Å²) in [5, 5.41) is 12.6. The molecule has 1 rings (SSSR count). The summed E-state index contributed by atoms with van der Waals surface area (Å²) < 4.78 is 5.62. The molecule has 0 amide bonds. The molecule has 2 atom stereocenters. The standard InChI is InChI=1S/C13H21NO2/c1-4-14-9-12-6-5-7-13(8-12)16-11(3)10(2)15/h5-8,10-11,14-15H,4,9H2,1-3H3. The Morgan fingerprint density at radius 3 is 2.75 bits per heavy atom. The molecule has 0 radical (unpaired) electrons. The zero-order chi connectivity index (χ0) is 12.0. The molecule has 2 N–H and O–H groups in total. The van der Waals surface area contributed by atoms with E-state index in [0.717, 1.165) is 18.8 Å². The van der Waals surface area contributed by atoms with E-state index in [-0.39, 0.29) is 6.10 Å². The number of hydrogen-bond donors (Lipinski definition) is 2. The average molecular weight is 223 g/mol. The Morgan fingerprint density at radius 1 is 1.38 bits per heavy atom. The molecule has 0 bridgehead atoms. The molecule has 3 nitrogen and oxygen atoms in total. The maximum atomic E-state index is 9.36. The van der Waals surface area contributed by atoms with Crippen molar-refractivity contribution >= 4 is 0 Å². The predicted molar refractivity (Wildman–Crippen MR) is 65.6 cm³/mol. The van der Waals surface area contributed by atoms with Crippen LogP contribution in [0.25, 0.3) is 0 Å². The number of nitrogens with one attached hydrogen (secondary N) is 1. The maximum absolute atomic E-state index is 9.36. The molecule has 0 heterocycles. The SMILES string of the molecule is CCNCc1cccc(OC(C)C(C)O)c1. The first-order chi connectivity index (χ1) is 7.63. The molecule has 0 fully saturated rings. The van der Waals surface area contributed by atoms with E-state index in [0.29, 0.717) is 0 Å². The third kappa shape index (κ3) is 4.21. The van der Waals surface area contributed by atoms with E-state index >= 15 is 0 Å². The van der Waals surface area contributed by atoms with Crippen LogP contribution < -0.4 is 10.1 Å². The molecule has 0 spiro atoms. The molecule has 0 aliphatic heterocycles. The van der Waals surface area contributed by atoms with E-state index < -0.39 is 6.10 Å². The van der Waals surface area contributed by atoms with Gasteiger partial charge in [0.25, 0.3) is 0 Å². The monoisotopic (exact) mass is 223 g/mol. The topological polar surface area (TPSA) is 41.5 Å². The highest BCUT2D eigenvalue weighted by molar-refractivity contribution is 5.28. The van der Waals surface area contributed by atoms with E-state index in [9.17, 15) is 5.11 Å². The summed E-state index contributed by atoms with van der Waals surface area (Å²) in [6, 6.07) is 7.94. The molecular formula is C13H21NO2. The van der Waals surface area contributed by atoms with Gasteiger partial charge in [-0.2, -0.15) is 0 Å². The highest BCUT2D eigenvalue weighted by Crippen LogP contribution is 2.15. The zero-order valence-electron chi connectivity index (χ0n) is 10.2. The first-order valence-electron chi connectivity index (χ1n) is 5.78. The van der Waals surface area contributed by atoms with Crippen LogP contribution >= 0.6 is 0 Å². The predicted octanol–water partition coefficient (Wildman–Crippen LogP) is 1.94. The summed E-state index contributed by atoms with van der Waals surface area (Å²) in [5.41, 5.74) is 1.19. The van der Waals surface area contributed by atoms with Crippen LogP contribution in [0.5, 0.6) is 5.75 Å². The molecule has 2 unspecified atom stereocenters. The van der Waals surface area contributed by atoms with Gasteiger partial charge >= 0.3 is 0 Å². The van der Waals surface area contributed by atoms with Crippen LogP contribution in [-0.4, -0.2) is 23.9 Å². The molecule has 90 valence electrons. The molecule has 0 saturated carbocycles. The molecule has 16 heavy (non-hydrogen) atoms. The van der Waals surface area contributed by atoms with Crippen LogP contribution in [0, 0.1) is 0 Å². The number of rotatable bonds is 6. The van der Waals surface area contributed by atoms with Crippen LogP contribution in [0.1, 0.15) is 26.3 Å². The Balaban J connectivity index is 2.59. The van der Waals surface area contributed by atoms with Crippen molar-refractivity contribution in [2.75, 3.05) is 6.54 Å². The van der Waals surface area contributed by atoms with Crippen LogP contribution in [-0.2, 0) is 6.54 Å². The molecule has 0 aliphatic rings. The molecule has 1 aromatic rings. The van der Waals surface area contributed by atoms with Crippen molar-refractivity contribution in [2.24, 2.45) is 0 Å². The molecule has 1 aromatic carbocycles. The van der Waals surface area contributed by atoms with E-state index in [1.807, 2.05) is 25.1 Å². The Hall–Kier alpha value is -1.06. The first-order valence-corrected chi connectivity index (χ1v) is 5.78. The number of aliphatic hydroxyl groups excluding tert-OH is 1. The van der Waals surface area contributed by atoms with Crippen molar-refractivity contribution in [3.8, 4) is 5.75 Å². The van der Waals surface area contributed by atoms with E-state index in [4.69, 9.17) is 4.74 Å². The minimum Gasteiger partial charge on any atom is -0.488 e. The van der Waals surface area contributed by atoms with Crippen molar-refractivity contribution in [2.45, 2.75) is 39.5 Å². The molecule has 3 heteroatoms. The van der Waals surface area contributed by atoms with Gasteiger partial charge in [0.05, 0.1) is 6.10 Å². The van der Waals surface area contributed by atoms with Crippen molar-refractivity contribution in [3.63, 3.8) is 0 Å². The van der Waals surface area contributed by atoms with Gasteiger partial charge < -0.3 is 15.2 Å². The number of ether oxygens (including phenoxy) is 1. The summed E-state index contributed by atoms with van der Waals surface area (Å²) in [6.07, 6.45) is -0.646. The first kappa shape index (κ1) is 13.0. The van der Waals surface area contributed by atoms with Gasteiger partial charge in [-0.3, -0.25) is 0 Å². The second-order valence-electron chi connectivity index (χ2n) is 3.99. The minimum atomic E-state index is -0.461. The fourth-order valence-corrected chi connectivity index (χ4v) is 1.31. The third-order valence-corrected chi connectivity index (χ3v) is 2.48. The number of aliphatic hydroxyl groups is 1. The lowest BCUT2D eigenvalue weighted by Gasteiger charge is -2.17. The second-order valence-corrected chi connectivity index (χ2v) is 3.99. The number of benzene rings is 1. The quantitative estimate of drug-likeness (QED) is 0.774. The van der Waals surface area contributed by atoms with Crippen LogP contribution in [0.2, 0.25) is 0 Å². The average Bonchev–Trinajstić information content (AvgIpc) is 2.26. The van der Waals surface area contributed by atoms with Crippen LogP contribution in [0.4, 0.5) is 0 Å². The van der Waals surface area contributed by atoms with Crippen LogP contribution in [0.15, 0.2) is 24.3 Å². The summed E-state index contributed by atoms with van der Waals surface area (Å²) in [7, 11) is 0. The Labute approximate surface area is 97.4 Å². The van der Waals surface area contributed by atoms with Gasteiger partial charge in [0.2, 0.25) is 0 Å². The summed E-state index contributed by atoms with van der Waals surface area (Å²) in [6.45, 7) is 7.47. The lowest BCUT2D eigenvalue weighted by molar-refractivity contribution is 0.0604. The maximum Gasteiger partial charge on any atom is 0.121 e. The number of hydrogen-bond acceptors (Lipinski definition) is 3. The largest absolute Gasteiger partial charge is 0.488 e. The van der Waals surface area contributed by atoms with Crippen LogP contribution in [0.3, 0.4) is 0 Å². The Kier molecular flexibility index (Phi) is 5.29. The van der Waals surface area contributed by atoms with Gasteiger partial charge in [-0.25, -0.2) is 0 Å². The smallest absolute Gasteiger partial charge is 0.121 e. The Bertz CT molecular complexity index is 313. The van der Waals surface area contributed by atoms with E-state index in [1.165, 1.54) is 5.56 Å². The van der Waals surface area contributed by atoms with Crippen molar-refractivity contribution in [1.29, 1.82) is 0 Å². The normalized spacial score (nSPS) is 14.5. The molecular weight excluding hydrogens is 202 g/mol. The molecule has 0 saturated heterocycles. The van der Waals surface area contributed by atoms with Crippen molar-refractivity contribution in [1.82, 2.24) is 5.32 Å². The Morgan fingerprint density at radius 2 is 2.12 bits per heavy atom. The van der Waals surface area contributed by atoms with Gasteiger partial charge in [0.15, 0.2) is 0 Å². The van der Waals surface area contributed by atoms with Gasteiger partial charge in [-0.1, -0.05) is 19.1 Å². The lowest BCUT2D eigenvalue weighted by atomic mass is 10.2. The second kappa shape index (κ2) is 6.51. The van der Waals surface area contributed by atoms with Gasteiger partial charge in [0, 0.05) is 6.54 Å². The van der Waals surface area contributed by atoms with Crippen molar-refractivity contribution < 1.29 is 9.84 Å². The van der Waals surface area contributed by atoms with Crippen molar-refractivity contribution in [3.05, 3.63) is 29.8 Å². The van der Waals surface area contributed by atoms with E-state index in [2.05, 4.69) is 18.3 Å². The van der Waals surface area contributed by atoms with Gasteiger partial charge in [0.1, 0.15) is 11.9 Å². The summed E-state index contributed by atoms with van der Waals surface area (Å²) >= 11 is 0. The molecule has 0 aromatic heterocycles. The summed E-state index contributed by atoms with van der Waals surface area (Å²) in [5.74, 6) is 0.809. The zero-order valence-corrected chi connectivity index (χ0v) is 10.2. The lowest BCUT2D eigenvalue weighted by Crippen LogP contribution is -2.25. The fraction of sp³-hybridized carbons (Fsp3) is 0.538. The summed E-state index contributed by atoms with van der Waals surface area (Å²) in [4.78, 5) is 0.